The molecule has 1 aromatic carbocycles. The molecule has 21 heavy (non-hydrogen) atoms. The van der Waals surface area contributed by atoms with Crippen molar-refractivity contribution in [2.45, 2.75) is 25.3 Å². The van der Waals surface area contributed by atoms with Gasteiger partial charge in [-0.15, -0.1) is 0 Å². The molecule has 1 fully saturated rings. The number of oxime groups is 1. The maximum Gasteiger partial charge on any atom is 0.322 e. The summed E-state index contributed by atoms with van der Waals surface area (Å²) in [7, 11) is 1.57. The molecule has 7 heteroatoms. The fourth-order valence-corrected chi connectivity index (χ4v) is 2.44. The number of hydrogen-bond donors (Lipinski definition) is 3. The lowest BCUT2D eigenvalue weighted by molar-refractivity contribution is 0.183. The van der Waals surface area contributed by atoms with Crippen molar-refractivity contribution in [1.29, 1.82) is 0 Å². The topological polar surface area (TPSA) is 100 Å². The number of nitrogens with one attached hydrogen (secondary N) is 1. The number of nitrogens with zero attached hydrogens (tertiary/aromatic N) is 2. The predicted octanol–water partition coefficient (Wildman–Crippen LogP) is 1.83. The highest BCUT2D eigenvalue weighted by molar-refractivity contribution is 5.95. The fraction of sp³-hybridized carbons (Fsp3) is 0.429. The molecular formula is C14H20N4O3. The van der Waals surface area contributed by atoms with Gasteiger partial charge in [0.2, 0.25) is 0 Å². The number of amides is 2. The van der Waals surface area contributed by atoms with Gasteiger partial charge in [0, 0.05) is 18.3 Å². The lowest BCUT2D eigenvalue weighted by atomic mass is 10.0. The summed E-state index contributed by atoms with van der Waals surface area (Å²) < 4.78 is 5.12. The summed E-state index contributed by atoms with van der Waals surface area (Å²) in [4.78, 5) is 14.0. The van der Waals surface area contributed by atoms with Crippen molar-refractivity contribution >= 4 is 17.6 Å². The number of ether oxygens (including phenoxy) is 1. The Morgan fingerprint density at radius 2 is 2.33 bits per heavy atom. The molecule has 2 rings (SSSR count). The maximum absolute atomic E-state index is 12.4. The van der Waals surface area contributed by atoms with Gasteiger partial charge >= 0.3 is 6.03 Å². The molecule has 0 saturated carbocycles. The van der Waals surface area contributed by atoms with E-state index in [9.17, 15) is 4.79 Å². The Balaban J connectivity index is 2.10. The van der Waals surface area contributed by atoms with Gasteiger partial charge in [0.05, 0.1) is 13.2 Å². The molecule has 1 aliphatic heterocycles. The predicted molar refractivity (Wildman–Crippen MR) is 79.8 cm³/mol. The summed E-state index contributed by atoms with van der Waals surface area (Å²) in [5.41, 5.74) is 6.32. The SMILES string of the molecule is COc1cccc(NC(=O)N2CCCCC2C(N)=NO)c1. The number of likely N-dealkylation sites (tertiary alicyclic amines) is 1. The zero-order chi connectivity index (χ0) is 15.2. The first-order valence-corrected chi connectivity index (χ1v) is 6.85. The number of carbonyl (C=O) groups excluding carboxylic acids is 1. The minimum Gasteiger partial charge on any atom is -0.497 e. The van der Waals surface area contributed by atoms with Crippen molar-refractivity contribution in [1.82, 2.24) is 4.90 Å². The lowest BCUT2D eigenvalue weighted by Crippen LogP contribution is -2.52. The van der Waals surface area contributed by atoms with E-state index in [1.807, 2.05) is 0 Å². The van der Waals surface area contributed by atoms with E-state index >= 15 is 0 Å². The highest BCUT2D eigenvalue weighted by Gasteiger charge is 2.29. The average molecular weight is 292 g/mol. The number of rotatable bonds is 3. The number of nitrogens with two attached hydrogens (primary N) is 1. The maximum atomic E-state index is 12.4. The molecule has 1 heterocycles. The molecule has 0 aliphatic carbocycles. The third-order valence-electron chi connectivity index (χ3n) is 3.54. The van der Waals surface area contributed by atoms with Crippen LogP contribution in [-0.4, -0.2) is 41.7 Å². The first-order valence-electron chi connectivity index (χ1n) is 6.85. The van der Waals surface area contributed by atoms with Crippen molar-refractivity contribution in [3.8, 4) is 5.75 Å². The van der Waals surface area contributed by atoms with Crippen molar-refractivity contribution in [2.75, 3.05) is 19.0 Å². The number of hydrogen-bond acceptors (Lipinski definition) is 4. The number of urea groups is 1. The van der Waals surface area contributed by atoms with Gasteiger partial charge < -0.3 is 25.9 Å². The smallest absolute Gasteiger partial charge is 0.322 e. The summed E-state index contributed by atoms with van der Waals surface area (Å²) in [6, 6.07) is 6.49. The molecule has 0 radical (unpaired) electrons. The van der Waals surface area contributed by atoms with Gasteiger partial charge in [-0.2, -0.15) is 0 Å². The largest absolute Gasteiger partial charge is 0.497 e. The average Bonchev–Trinajstić information content (AvgIpc) is 2.54. The molecule has 0 spiro atoms. The zero-order valence-electron chi connectivity index (χ0n) is 12.0. The number of methoxy groups -OCH3 is 1. The second-order valence-electron chi connectivity index (χ2n) is 4.89. The zero-order valence-corrected chi connectivity index (χ0v) is 12.0. The molecule has 4 N–H and O–H groups in total. The van der Waals surface area contributed by atoms with Crippen molar-refractivity contribution in [2.24, 2.45) is 10.9 Å². The van der Waals surface area contributed by atoms with E-state index in [1.54, 1.807) is 36.3 Å². The van der Waals surface area contributed by atoms with Gasteiger partial charge in [0.15, 0.2) is 5.84 Å². The van der Waals surface area contributed by atoms with E-state index in [4.69, 9.17) is 15.7 Å². The van der Waals surface area contributed by atoms with Crippen LogP contribution >= 0.6 is 0 Å². The first-order chi connectivity index (χ1) is 10.2. The number of piperidine rings is 1. The Morgan fingerprint density at radius 3 is 3.05 bits per heavy atom. The van der Waals surface area contributed by atoms with E-state index in [-0.39, 0.29) is 17.9 Å². The van der Waals surface area contributed by atoms with Gasteiger partial charge in [-0.05, 0) is 31.4 Å². The second kappa shape index (κ2) is 6.83. The number of anilines is 1. The quantitative estimate of drug-likeness (QED) is 0.342. The standard InChI is InChI=1S/C14H20N4O3/c1-21-11-6-4-5-10(9-11)16-14(19)18-8-3-2-7-12(18)13(15)17-20/h4-6,9,12,20H,2-3,7-8H2,1H3,(H2,15,17)(H,16,19). The highest BCUT2D eigenvalue weighted by Crippen LogP contribution is 2.21. The summed E-state index contributed by atoms with van der Waals surface area (Å²) in [6.07, 6.45) is 2.55. The Morgan fingerprint density at radius 1 is 1.52 bits per heavy atom. The van der Waals surface area contributed by atoms with Crippen LogP contribution < -0.4 is 15.8 Å². The first kappa shape index (κ1) is 15.0. The molecule has 1 unspecified atom stereocenters. The molecule has 0 aromatic heterocycles. The third kappa shape index (κ3) is 3.56. The minimum absolute atomic E-state index is 0.0653. The van der Waals surface area contributed by atoms with Crippen LogP contribution in [0.15, 0.2) is 29.4 Å². The van der Waals surface area contributed by atoms with Crippen molar-refractivity contribution in [3.63, 3.8) is 0 Å². The molecule has 114 valence electrons. The molecule has 1 aromatic rings. The molecule has 0 bridgehead atoms. The Bertz CT molecular complexity index is 533. The van der Waals surface area contributed by atoms with Crippen LogP contribution in [0.5, 0.6) is 5.75 Å². The van der Waals surface area contributed by atoms with E-state index in [0.29, 0.717) is 24.4 Å². The van der Waals surface area contributed by atoms with Gasteiger partial charge in [0.25, 0.3) is 0 Å². The third-order valence-corrected chi connectivity index (χ3v) is 3.54. The Hall–Kier alpha value is -2.44. The van der Waals surface area contributed by atoms with E-state index in [1.165, 1.54) is 0 Å². The normalized spacial score (nSPS) is 19.2. The molecule has 1 atom stereocenters. The van der Waals surface area contributed by atoms with Crippen molar-refractivity contribution < 1.29 is 14.7 Å². The Labute approximate surface area is 123 Å². The van der Waals surface area contributed by atoms with E-state index in [0.717, 1.165) is 12.8 Å². The van der Waals surface area contributed by atoms with Gasteiger partial charge in [-0.3, -0.25) is 0 Å². The van der Waals surface area contributed by atoms with Crippen LogP contribution in [0.1, 0.15) is 19.3 Å². The van der Waals surface area contributed by atoms with Crippen LogP contribution in [0.3, 0.4) is 0 Å². The monoisotopic (exact) mass is 292 g/mol. The number of carbonyl (C=O) groups is 1. The van der Waals surface area contributed by atoms with Crippen LogP contribution in [0.25, 0.3) is 0 Å². The van der Waals surface area contributed by atoms with Gasteiger partial charge in [-0.25, -0.2) is 4.79 Å². The van der Waals surface area contributed by atoms with Gasteiger partial charge in [0.1, 0.15) is 5.75 Å². The summed E-state index contributed by atoms with van der Waals surface area (Å²) in [5.74, 6) is 0.731. The fourth-order valence-electron chi connectivity index (χ4n) is 2.44. The van der Waals surface area contributed by atoms with Crippen LogP contribution in [0, 0.1) is 0 Å². The van der Waals surface area contributed by atoms with Crippen LogP contribution in [-0.2, 0) is 0 Å². The summed E-state index contributed by atoms with van der Waals surface area (Å²) in [6.45, 7) is 0.580. The summed E-state index contributed by atoms with van der Waals surface area (Å²) >= 11 is 0. The highest BCUT2D eigenvalue weighted by atomic mass is 16.5. The molecule has 1 aliphatic rings. The molecule has 7 nitrogen and oxygen atoms in total. The van der Waals surface area contributed by atoms with Crippen molar-refractivity contribution in [3.05, 3.63) is 24.3 Å². The van der Waals surface area contributed by atoms with Gasteiger partial charge in [-0.1, -0.05) is 11.2 Å². The van der Waals surface area contributed by atoms with Crippen LogP contribution in [0.4, 0.5) is 10.5 Å². The number of benzene rings is 1. The number of amidine groups is 1. The molecular weight excluding hydrogens is 272 g/mol. The minimum atomic E-state index is -0.366. The van der Waals surface area contributed by atoms with Crippen LogP contribution in [0.2, 0.25) is 0 Å². The summed E-state index contributed by atoms with van der Waals surface area (Å²) in [5, 5.41) is 14.7. The lowest BCUT2D eigenvalue weighted by Gasteiger charge is -2.34. The van der Waals surface area contributed by atoms with E-state index in [2.05, 4.69) is 10.5 Å². The Kier molecular flexibility index (Phi) is 4.86. The second-order valence-corrected chi connectivity index (χ2v) is 4.89. The molecule has 1 saturated heterocycles. The van der Waals surface area contributed by atoms with E-state index < -0.39 is 0 Å². The molecule has 2 amide bonds.